The highest BCUT2D eigenvalue weighted by Crippen LogP contribution is 2.18. The van der Waals surface area contributed by atoms with Gasteiger partial charge in [-0.05, 0) is 36.8 Å². The summed E-state index contributed by atoms with van der Waals surface area (Å²) in [6.45, 7) is 4.56. The molecular weight excluding hydrogens is 332 g/mol. The van der Waals surface area contributed by atoms with Crippen LogP contribution < -0.4 is 10.3 Å². The van der Waals surface area contributed by atoms with Crippen molar-refractivity contribution >= 4 is 17.7 Å². The van der Waals surface area contributed by atoms with E-state index in [1.807, 2.05) is 31.2 Å². The van der Waals surface area contributed by atoms with Crippen molar-refractivity contribution < 1.29 is 14.3 Å². The molecule has 0 unspecified atom stereocenters. The van der Waals surface area contributed by atoms with E-state index in [9.17, 15) is 9.59 Å². The lowest BCUT2D eigenvalue weighted by atomic mass is 10.1. The van der Waals surface area contributed by atoms with Gasteiger partial charge in [0.25, 0.3) is 11.5 Å². The van der Waals surface area contributed by atoms with Crippen molar-refractivity contribution in [3.8, 4) is 5.75 Å². The fraction of sp³-hybridized carbons (Fsp3) is 0.300. The fourth-order valence-electron chi connectivity index (χ4n) is 2.77. The lowest BCUT2D eigenvalue weighted by Crippen LogP contribution is -2.42. The number of aromatic nitrogens is 1. The maximum Gasteiger partial charge on any atom is 0.271 e. The minimum absolute atomic E-state index is 0.185. The molecule has 1 aliphatic heterocycles. The number of ether oxygens (including phenoxy) is 2. The summed E-state index contributed by atoms with van der Waals surface area (Å²) < 4.78 is 12.1. The Morgan fingerprint density at radius 1 is 1.15 bits per heavy atom. The zero-order valence-electron chi connectivity index (χ0n) is 14.8. The second kappa shape index (κ2) is 8.49. The molecule has 1 amide bonds. The van der Waals surface area contributed by atoms with Gasteiger partial charge in [-0.2, -0.15) is 0 Å². The van der Waals surface area contributed by atoms with Crippen LogP contribution in [0.2, 0.25) is 0 Å². The number of carbonyl (C=O) groups is 1. The highest BCUT2D eigenvalue weighted by atomic mass is 16.5. The SMILES string of the molecule is CCOc1ccc(/C=C(\C(=O)N2CCOCC2)n2ccccc2=O)cc1. The van der Waals surface area contributed by atoms with Gasteiger partial charge < -0.3 is 14.4 Å². The van der Waals surface area contributed by atoms with Gasteiger partial charge in [0.15, 0.2) is 0 Å². The average Bonchev–Trinajstić information content (AvgIpc) is 2.68. The molecule has 0 aliphatic carbocycles. The molecule has 0 N–H and O–H groups in total. The Balaban J connectivity index is 1.98. The second-order valence-electron chi connectivity index (χ2n) is 5.85. The zero-order chi connectivity index (χ0) is 18.4. The minimum Gasteiger partial charge on any atom is -0.494 e. The van der Waals surface area contributed by atoms with Crippen LogP contribution in [0.4, 0.5) is 0 Å². The molecule has 26 heavy (non-hydrogen) atoms. The van der Waals surface area contributed by atoms with Crippen molar-refractivity contribution in [2.75, 3.05) is 32.9 Å². The van der Waals surface area contributed by atoms with Crippen LogP contribution >= 0.6 is 0 Å². The summed E-state index contributed by atoms with van der Waals surface area (Å²) in [7, 11) is 0. The number of benzene rings is 1. The quantitative estimate of drug-likeness (QED) is 0.772. The molecule has 6 heteroatoms. The van der Waals surface area contributed by atoms with Crippen LogP contribution in [-0.4, -0.2) is 48.3 Å². The number of hydrogen-bond donors (Lipinski definition) is 0. The molecule has 1 fully saturated rings. The van der Waals surface area contributed by atoms with Gasteiger partial charge in [-0.3, -0.25) is 14.2 Å². The highest BCUT2D eigenvalue weighted by molar-refractivity contribution is 6.18. The molecule has 0 spiro atoms. The third-order valence-electron chi connectivity index (χ3n) is 4.09. The number of rotatable bonds is 5. The van der Waals surface area contributed by atoms with E-state index in [2.05, 4.69) is 0 Å². The van der Waals surface area contributed by atoms with Crippen LogP contribution in [0.5, 0.6) is 5.75 Å². The number of amides is 1. The maximum absolute atomic E-state index is 13.0. The topological polar surface area (TPSA) is 60.8 Å². The lowest BCUT2D eigenvalue weighted by molar-refractivity contribution is -0.129. The molecule has 2 aromatic rings. The molecule has 2 heterocycles. The molecule has 0 saturated carbocycles. The first-order valence-corrected chi connectivity index (χ1v) is 8.68. The summed E-state index contributed by atoms with van der Waals surface area (Å²) in [6, 6.07) is 12.3. The third-order valence-corrected chi connectivity index (χ3v) is 4.09. The number of hydrogen-bond acceptors (Lipinski definition) is 4. The summed E-state index contributed by atoms with van der Waals surface area (Å²) in [5, 5.41) is 0. The zero-order valence-corrected chi connectivity index (χ0v) is 14.8. The number of carbonyl (C=O) groups excluding carboxylic acids is 1. The molecule has 3 rings (SSSR count). The highest BCUT2D eigenvalue weighted by Gasteiger charge is 2.22. The van der Waals surface area contributed by atoms with E-state index in [-0.39, 0.29) is 11.5 Å². The molecule has 0 radical (unpaired) electrons. The van der Waals surface area contributed by atoms with Crippen LogP contribution in [-0.2, 0) is 9.53 Å². The Kier molecular flexibility index (Phi) is 5.86. The van der Waals surface area contributed by atoms with E-state index in [0.717, 1.165) is 11.3 Å². The summed E-state index contributed by atoms with van der Waals surface area (Å²) in [5.41, 5.74) is 0.897. The first-order chi connectivity index (χ1) is 12.7. The molecule has 0 atom stereocenters. The third kappa shape index (κ3) is 4.21. The first-order valence-electron chi connectivity index (χ1n) is 8.68. The van der Waals surface area contributed by atoms with Gasteiger partial charge in [-0.1, -0.05) is 18.2 Å². The van der Waals surface area contributed by atoms with Gasteiger partial charge >= 0.3 is 0 Å². The number of morpholine rings is 1. The monoisotopic (exact) mass is 354 g/mol. The minimum atomic E-state index is -0.244. The van der Waals surface area contributed by atoms with Crippen molar-refractivity contribution in [2.45, 2.75) is 6.92 Å². The van der Waals surface area contributed by atoms with Crippen molar-refractivity contribution in [3.05, 3.63) is 64.6 Å². The van der Waals surface area contributed by atoms with Gasteiger partial charge in [0, 0.05) is 25.4 Å². The van der Waals surface area contributed by atoms with Gasteiger partial charge in [0.2, 0.25) is 0 Å². The predicted octanol–water partition coefficient (Wildman–Crippen LogP) is 2.10. The Hall–Kier alpha value is -2.86. The fourth-order valence-corrected chi connectivity index (χ4v) is 2.77. The Morgan fingerprint density at radius 3 is 2.54 bits per heavy atom. The van der Waals surface area contributed by atoms with Crippen molar-refractivity contribution in [2.24, 2.45) is 0 Å². The van der Waals surface area contributed by atoms with Gasteiger partial charge in [0.1, 0.15) is 11.4 Å². The summed E-state index contributed by atoms with van der Waals surface area (Å²) in [4.78, 5) is 27.0. The summed E-state index contributed by atoms with van der Waals surface area (Å²) in [5.74, 6) is 0.582. The maximum atomic E-state index is 13.0. The average molecular weight is 354 g/mol. The van der Waals surface area contributed by atoms with E-state index >= 15 is 0 Å². The van der Waals surface area contributed by atoms with Gasteiger partial charge in [-0.25, -0.2) is 0 Å². The van der Waals surface area contributed by atoms with Crippen molar-refractivity contribution in [1.82, 2.24) is 9.47 Å². The number of nitrogens with zero attached hydrogens (tertiary/aromatic N) is 2. The van der Waals surface area contributed by atoms with Crippen LogP contribution in [0.25, 0.3) is 11.8 Å². The molecule has 1 aliphatic rings. The second-order valence-corrected chi connectivity index (χ2v) is 5.85. The summed E-state index contributed by atoms with van der Waals surface area (Å²) >= 11 is 0. The van der Waals surface area contributed by atoms with Crippen LogP contribution in [0, 0.1) is 0 Å². The molecule has 0 bridgehead atoms. The molecular formula is C20H22N2O4. The Bertz CT molecular complexity index is 833. The molecule has 1 aromatic heterocycles. The van der Waals surface area contributed by atoms with E-state index in [1.54, 1.807) is 29.3 Å². The van der Waals surface area contributed by atoms with Crippen LogP contribution in [0.3, 0.4) is 0 Å². The molecule has 1 saturated heterocycles. The predicted molar refractivity (Wildman–Crippen MR) is 99.9 cm³/mol. The van der Waals surface area contributed by atoms with Gasteiger partial charge in [0.05, 0.1) is 19.8 Å². The number of pyridine rings is 1. The van der Waals surface area contributed by atoms with E-state index < -0.39 is 0 Å². The molecule has 6 nitrogen and oxygen atoms in total. The van der Waals surface area contributed by atoms with E-state index in [0.29, 0.717) is 38.6 Å². The summed E-state index contributed by atoms with van der Waals surface area (Å²) in [6.07, 6.45) is 3.34. The normalized spacial score (nSPS) is 15.0. The Labute approximate surface area is 152 Å². The van der Waals surface area contributed by atoms with Crippen LogP contribution in [0.1, 0.15) is 12.5 Å². The largest absolute Gasteiger partial charge is 0.494 e. The van der Waals surface area contributed by atoms with Crippen LogP contribution in [0.15, 0.2) is 53.5 Å². The van der Waals surface area contributed by atoms with E-state index in [4.69, 9.17) is 9.47 Å². The lowest BCUT2D eigenvalue weighted by Gasteiger charge is -2.28. The van der Waals surface area contributed by atoms with Crippen molar-refractivity contribution in [3.63, 3.8) is 0 Å². The molecule has 136 valence electrons. The van der Waals surface area contributed by atoms with E-state index in [1.165, 1.54) is 10.6 Å². The first kappa shape index (κ1) is 17.9. The smallest absolute Gasteiger partial charge is 0.271 e. The van der Waals surface area contributed by atoms with Gasteiger partial charge in [-0.15, -0.1) is 0 Å². The standard InChI is InChI=1S/C20H22N2O4/c1-2-26-17-8-6-16(7-9-17)15-18(22-10-4-3-5-19(22)23)20(24)21-11-13-25-14-12-21/h3-10,15H,2,11-14H2,1H3/b18-15+. The Morgan fingerprint density at radius 2 is 1.88 bits per heavy atom. The van der Waals surface area contributed by atoms with Crippen molar-refractivity contribution in [1.29, 1.82) is 0 Å². The molecule has 1 aromatic carbocycles.